The van der Waals surface area contributed by atoms with Gasteiger partial charge in [-0.25, -0.2) is 0 Å². The number of aliphatic hydroxyl groups is 1. The van der Waals surface area contributed by atoms with Crippen molar-refractivity contribution in [1.29, 1.82) is 0 Å². The predicted octanol–water partition coefficient (Wildman–Crippen LogP) is 0.212. The number of rotatable bonds is 2. The molecule has 1 saturated heterocycles. The highest BCUT2D eigenvalue weighted by atomic mass is 35.5. The summed E-state index contributed by atoms with van der Waals surface area (Å²) in [5.41, 5.74) is 5.78. The maximum absolute atomic E-state index is 9.11. The Morgan fingerprint density at radius 3 is 2.83 bits per heavy atom. The van der Waals surface area contributed by atoms with Crippen LogP contribution in [0.25, 0.3) is 0 Å². The molecule has 74 valence electrons. The number of aliphatic hydroxyl groups excluding tert-OH is 1. The molecular formula is C8H19ClN2O. The molecular weight excluding hydrogens is 176 g/mol. The van der Waals surface area contributed by atoms with E-state index in [-0.39, 0.29) is 18.5 Å². The Bertz CT molecular complexity index is 120. The molecule has 0 unspecified atom stereocenters. The van der Waals surface area contributed by atoms with Crippen LogP contribution in [0.5, 0.6) is 0 Å². The second kappa shape index (κ2) is 5.75. The molecule has 1 heterocycles. The molecule has 0 amide bonds. The number of piperidine rings is 1. The summed E-state index contributed by atoms with van der Waals surface area (Å²) < 4.78 is 0. The van der Waals surface area contributed by atoms with Gasteiger partial charge in [0.1, 0.15) is 0 Å². The molecule has 1 aliphatic rings. The van der Waals surface area contributed by atoms with Crippen molar-refractivity contribution in [2.75, 3.05) is 19.6 Å². The summed E-state index contributed by atoms with van der Waals surface area (Å²) in [5, 5.41) is 9.11. The molecule has 0 aliphatic carbocycles. The highest BCUT2D eigenvalue weighted by Crippen LogP contribution is 2.07. The number of halogens is 1. The van der Waals surface area contributed by atoms with Crippen molar-refractivity contribution in [1.82, 2.24) is 4.90 Å². The number of nitrogens with zero attached hydrogens (tertiary/aromatic N) is 1. The van der Waals surface area contributed by atoms with E-state index in [9.17, 15) is 0 Å². The van der Waals surface area contributed by atoms with E-state index < -0.39 is 0 Å². The van der Waals surface area contributed by atoms with Crippen molar-refractivity contribution >= 4 is 12.4 Å². The molecule has 1 fully saturated rings. The largest absolute Gasteiger partial charge is 0.392 e. The molecule has 1 aliphatic heterocycles. The monoisotopic (exact) mass is 194 g/mol. The first kappa shape index (κ1) is 12.2. The van der Waals surface area contributed by atoms with Crippen LogP contribution in [-0.2, 0) is 0 Å². The second-order valence-corrected chi connectivity index (χ2v) is 3.51. The fraction of sp³-hybridized carbons (Fsp3) is 1.00. The molecule has 0 bridgehead atoms. The van der Waals surface area contributed by atoms with Crippen molar-refractivity contribution < 1.29 is 5.11 Å². The Morgan fingerprint density at radius 2 is 2.33 bits per heavy atom. The first-order chi connectivity index (χ1) is 5.18. The molecule has 0 aromatic heterocycles. The van der Waals surface area contributed by atoms with Crippen LogP contribution < -0.4 is 5.73 Å². The third-order valence-corrected chi connectivity index (χ3v) is 2.06. The van der Waals surface area contributed by atoms with Crippen molar-refractivity contribution in [2.45, 2.75) is 31.9 Å². The summed E-state index contributed by atoms with van der Waals surface area (Å²) in [6.07, 6.45) is 2.09. The molecule has 1 rings (SSSR count). The van der Waals surface area contributed by atoms with Crippen LogP contribution in [0.2, 0.25) is 0 Å². The Balaban J connectivity index is 0.00000121. The van der Waals surface area contributed by atoms with Crippen molar-refractivity contribution in [2.24, 2.45) is 5.73 Å². The minimum atomic E-state index is -0.222. The summed E-state index contributed by atoms with van der Waals surface area (Å²) in [6.45, 7) is 4.64. The lowest BCUT2D eigenvalue weighted by Gasteiger charge is -2.31. The van der Waals surface area contributed by atoms with Crippen LogP contribution in [0.15, 0.2) is 0 Å². The van der Waals surface area contributed by atoms with Gasteiger partial charge >= 0.3 is 0 Å². The summed E-state index contributed by atoms with van der Waals surface area (Å²) >= 11 is 0. The molecule has 3 nitrogen and oxygen atoms in total. The van der Waals surface area contributed by atoms with E-state index in [1.807, 2.05) is 6.92 Å². The number of nitrogens with two attached hydrogens (primary N) is 1. The molecule has 3 N–H and O–H groups in total. The minimum Gasteiger partial charge on any atom is -0.392 e. The van der Waals surface area contributed by atoms with Crippen LogP contribution in [0.1, 0.15) is 19.8 Å². The molecule has 0 aromatic rings. The van der Waals surface area contributed by atoms with Gasteiger partial charge in [-0.1, -0.05) is 0 Å². The zero-order valence-corrected chi connectivity index (χ0v) is 8.39. The van der Waals surface area contributed by atoms with E-state index >= 15 is 0 Å². The van der Waals surface area contributed by atoms with Gasteiger partial charge in [0.05, 0.1) is 6.10 Å². The van der Waals surface area contributed by atoms with E-state index in [0.29, 0.717) is 6.04 Å². The Labute approximate surface area is 80.3 Å². The molecule has 0 spiro atoms. The van der Waals surface area contributed by atoms with Gasteiger partial charge in [-0.15, -0.1) is 12.4 Å². The standard InChI is InChI=1S/C8H18N2O.ClH/c1-7(11)5-10-4-2-3-8(9)6-10;/h7-8,11H,2-6,9H2,1H3;1H/t7-,8+;/m0./s1. The average molecular weight is 195 g/mol. The van der Waals surface area contributed by atoms with Crippen LogP contribution in [0, 0.1) is 0 Å². The van der Waals surface area contributed by atoms with Gasteiger partial charge in [0.15, 0.2) is 0 Å². The molecule has 12 heavy (non-hydrogen) atoms. The van der Waals surface area contributed by atoms with E-state index in [1.54, 1.807) is 0 Å². The number of hydrogen-bond donors (Lipinski definition) is 2. The number of hydrogen-bond acceptors (Lipinski definition) is 3. The van der Waals surface area contributed by atoms with Crippen LogP contribution in [-0.4, -0.2) is 41.8 Å². The molecule has 2 atom stereocenters. The SMILES string of the molecule is C[C@H](O)CN1CCC[C@@H](N)C1.Cl. The maximum Gasteiger partial charge on any atom is 0.0639 e. The number of likely N-dealkylation sites (tertiary alicyclic amines) is 1. The number of β-amino-alcohol motifs (C(OH)–C–C–N with tert-alkyl or cyclic N) is 1. The summed E-state index contributed by atoms with van der Waals surface area (Å²) in [6, 6.07) is 0.322. The van der Waals surface area contributed by atoms with Crippen molar-refractivity contribution in [3.05, 3.63) is 0 Å². The van der Waals surface area contributed by atoms with Crippen molar-refractivity contribution in [3.63, 3.8) is 0 Å². The quantitative estimate of drug-likeness (QED) is 0.661. The van der Waals surface area contributed by atoms with Gasteiger partial charge in [0.2, 0.25) is 0 Å². The normalized spacial score (nSPS) is 27.8. The summed E-state index contributed by atoms with van der Waals surface area (Å²) in [4.78, 5) is 2.23. The lowest BCUT2D eigenvalue weighted by Crippen LogP contribution is -2.45. The zero-order valence-electron chi connectivity index (χ0n) is 7.57. The smallest absolute Gasteiger partial charge is 0.0639 e. The first-order valence-corrected chi connectivity index (χ1v) is 4.34. The summed E-state index contributed by atoms with van der Waals surface area (Å²) in [7, 11) is 0. The molecule has 0 aromatic carbocycles. The third-order valence-electron chi connectivity index (χ3n) is 2.06. The zero-order chi connectivity index (χ0) is 8.27. The topological polar surface area (TPSA) is 49.5 Å². The Kier molecular flexibility index (Phi) is 5.84. The van der Waals surface area contributed by atoms with Crippen LogP contribution >= 0.6 is 12.4 Å². The van der Waals surface area contributed by atoms with Gasteiger partial charge in [-0.2, -0.15) is 0 Å². The Hall–Kier alpha value is 0.170. The molecule has 0 saturated carbocycles. The van der Waals surface area contributed by atoms with Gasteiger partial charge in [-0.3, -0.25) is 4.90 Å². The molecule has 4 heteroatoms. The van der Waals surface area contributed by atoms with Gasteiger partial charge < -0.3 is 10.8 Å². The predicted molar refractivity (Wildman–Crippen MR) is 52.6 cm³/mol. The lowest BCUT2D eigenvalue weighted by molar-refractivity contribution is 0.108. The summed E-state index contributed by atoms with van der Waals surface area (Å²) in [5.74, 6) is 0. The first-order valence-electron chi connectivity index (χ1n) is 4.34. The third kappa shape index (κ3) is 4.26. The van der Waals surface area contributed by atoms with Crippen LogP contribution in [0.3, 0.4) is 0 Å². The highest BCUT2D eigenvalue weighted by molar-refractivity contribution is 5.85. The van der Waals surface area contributed by atoms with Gasteiger partial charge in [-0.05, 0) is 26.3 Å². The lowest BCUT2D eigenvalue weighted by atomic mass is 10.1. The Morgan fingerprint density at radius 1 is 1.67 bits per heavy atom. The maximum atomic E-state index is 9.11. The fourth-order valence-corrected chi connectivity index (χ4v) is 1.63. The van der Waals surface area contributed by atoms with Crippen LogP contribution in [0.4, 0.5) is 0 Å². The van der Waals surface area contributed by atoms with E-state index in [4.69, 9.17) is 10.8 Å². The fourth-order valence-electron chi connectivity index (χ4n) is 1.63. The van der Waals surface area contributed by atoms with Crippen molar-refractivity contribution in [3.8, 4) is 0 Å². The molecule has 0 radical (unpaired) electrons. The second-order valence-electron chi connectivity index (χ2n) is 3.51. The minimum absolute atomic E-state index is 0. The van der Waals surface area contributed by atoms with E-state index in [0.717, 1.165) is 26.1 Å². The van der Waals surface area contributed by atoms with Gasteiger partial charge in [0.25, 0.3) is 0 Å². The van der Waals surface area contributed by atoms with E-state index in [2.05, 4.69) is 4.90 Å². The average Bonchev–Trinajstić information content (AvgIpc) is 1.85. The van der Waals surface area contributed by atoms with E-state index in [1.165, 1.54) is 6.42 Å². The highest BCUT2D eigenvalue weighted by Gasteiger charge is 2.16. The van der Waals surface area contributed by atoms with Gasteiger partial charge in [0, 0.05) is 19.1 Å².